The van der Waals surface area contributed by atoms with Gasteiger partial charge in [0.05, 0.1) is 12.1 Å². The predicted molar refractivity (Wildman–Crippen MR) is 156 cm³/mol. The van der Waals surface area contributed by atoms with Gasteiger partial charge in [-0.2, -0.15) is 10.5 Å². The molecular weight excluding hydrogens is 476 g/mol. The second-order valence-electron chi connectivity index (χ2n) is 10.3. The van der Waals surface area contributed by atoms with Crippen LogP contribution < -0.4 is 25.9 Å². The summed E-state index contributed by atoms with van der Waals surface area (Å²) in [6.07, 6.45) is 4.68. The van der Waals surface area contributed by atoms with Crippen molar-refractivity contribution in [2.24, 2.45) is 11.8 Å². The number of para-hydroxylation sites is 1. The molecule has 1 saturated carbocycles. The molecule has 5 rings (SSSR count). The van der Waals surface area contributed by atoms with E-state index in [1.807, 2.05) is 30.3 Å². The molecular formula is C30H38N6O2. The third-order valence-electron chi connectivity index (χ3n) is 7.42. The van der Waals surface area contributed by atoms with Crippen molar-refractivity contribution >= 4 is 39.1 Å². The van der Waals surface area contributed by atoms with Gasteiger partial charge in [0.15, 0.2) is 5.75 Å². The van der Waals surface area contributed by atoms with Crippen LogP contribution in [0, 0.1) is 11.8 Å². The number of benzene rings is 3. The zero-order valence-electron chi connectivity index (χ0n) is 22.3. The lowest BCUT2D eigenvalue weighted by molar-refractivity contribution is 0.157. The number of aliphatic hydroxyl groups excluding tert-OH is 1. The van der Waals surface area contributed by atoms with Crippen LogP contribution in [0.25, 0.3) is 21.7 Å². The SMILES string of the molecule is CN(C)c1cccc2c(ONC[C@H]3CC[C@H](CNc4nc(NCCO)c5ccccc5n4)CC3)cccc12. The molecule has 0 radical (unpaired) electrons. The molecule has 0 spiro atoms. The summed E-state index contributed by atoms with van der Waals surface area (Å²) in [4.78, 5) is 17.5. The molecule has 8 nitrogen and oxygen atoms in total. The van der Waals surface area contributed by atoms with Crippen LogP contribution >= 0.6 is 0 Å². The number of aromatic nitrogens is 2. The molecule has 0 bridgehead atoms. The number of fused-ring (bicyclic) bond motifs is 2. The highest BCUT2D eigenvalue weighted by molar-refractivity contribution is 5.97. The highest BCUT2D eigenvalue weighted by atomic mass is 16.6. The van der Waals surface area contributed by atoms with Crippen molar-refractivity contribution in [3.05, 3.63) is 60.7 Å². The van der Waals surface area contributed by atoms with Gasteiger partial charge in [-0.05, 0) is 61.8 Å². The molecule has 1 heterocycles. The Morgan fingerprint density at radius 3 is 2.32 bits per heavy atom. The van der Waals surface area contributed by atoms with Crippen molar-refractivity contribution < 1.29 is 9.94 Å². The topological polar surface area (TPSA) is 94.6 Å². The lowest BCUT2D eigenvalue weighted by Gasteiger charge is -2.28. The Morgan fingerprint density at radius 1 is 0.816 bits per heavy atom. The minimum absolute atomic E-state index is 0.0591. The molecule has 1 aliphatic rings. The summed E-state index contributed by atoms with van der Waals surface area (Å²) < 4.78 is 0. The fourth-order valence-corrected chi connectivity index (χ4v) is 5.32. The van der Waals surface area contributed by atoms with Crippen molar-refractivity contribution in [3.8, 4) is 5.75 Å². The number of nitrogens with zero attached hydrogens (tertiary/aromatic N) is 3. The van der Waals surface area contributed by atoms with Gasteiger partial charge in [0.1, 0.15) is 5.82 Å². The van der Waals surface area contributed by atoms with E-state index in [1.54, 1.807) is 0 Å². The standard InChI is InChI=1S/C30H38N6O2/c1-36(2)27-11-5-9-24-23(27)8-6-12-28(24)38-33-20-22-15-13-21(14-16-22)19-32-30-34-26-10-4-3-7-25(26)29(35-30)31-17-18-37/h3-12,21-22,33,37H,13-20H2,1-2H3,(H2,31,32,34,35)/t21-,22-. The Balaban J connectivity index is 1.10. The van der Waals surface area contributed by atoms with E-state index in [9.17, 15) is 5.11 Å². The Morgan fingerprint density at radius 2 is 1.53 bits per heavy atom. The quantitative estimate of drug-likeness (QED) is 0.207. The molecule has 3 aromatic carbocycles. The average molecular weight is 515 g/mol. The average Bonchev–Trinajstić information content (AvgIpc) is 2.95. The van der Waals surface area contributed by atoms with Crippen LogP contribution in [0.2, 0.25) is 0 Å². The molecule has 4 N–H and O–H groups in total. The van der Waals surface area contributed by atoms with E-state index in [1.165, 1.54) is 36.8 Å². The van der Waals surface area contributed by atoms with Crippen LogP contribution in [0.15, 0.2) is 60.7 Å². The lowest BCUT2D eigenvalue weighted by Crippen LogP contribution is -2.30. The van der Waals surface area contributed by atoms with Crippen molar-refractivity contribution in [2.45, 2.75) is 25.7 Å². The molecule has 0 unspecified atom stereocenters. The number of hydroxylamine groups is 1. The van der Waals surface area contributed by atoms with Gasteiger partial charge in [-0.1, -0.05) is 36.4 Å². The van der Waals surface area contributed by atoms with Crippen LogP contribution in [-0.4, -0.2) is 55.4 Å². The molecule has 200 valence electrons. The monoisotopic (exact) mass is 514 g/mol. The van der Waals surface area contributed by atoms with E-state index in [2.05, 4.69) is 70.4 Å². The second-order valence-corrected chi connectivity index (χ2v) is 10.3. The summed E-state index contributed by atoms with van der Waals surface area (Å²) in [5.74, 6) is 3.45. The Hall–Kier alpha value is -3.62. The Bertz CT molecular complexity index is 1350. The van der Waals surface area contributed by atoms with Crippen LogP contribution in [0.3, 0.4) is 0 Å². The Labute approximate surface area is 224 Å². The smallest absolute Gasteiger partial charge is 0.225 e. The number of hydrogen-bond acceptors (Lipinski definition) is 8. The minimum Gasteiger partial charge on any atom is -0.408 e. The maximum atomic E-state index is 9.21. The van der Waals surface area contributed by atoms with Crippen LogP contribution in [0.5, 0.6) is 5.75 Å². The summed E-state index contributed by atoms with van der Waals surface area (Å²) in [5, 5.41) is 19.2. The van der Waals surface area contributed by atoms with E-state index in [4.69, 9.17) is 9.82 Å². The number of rotatable bonds is 11. The number of hydrogen-bond donors (Lipinski definition) is 4. The first-order valence-electron chi connectivity index (χ1n) is 13.6. The summed E-state index contributed by atoms with van der Waals surface area (Å²) in [5.41, 5.74) is 5.33. The number of nitrogens with one attached hydrogen (secondary N) is 3. The molecule has 1 aromatic heterocycles. The first-order valence-corrected chi connectivity index (χ1v) is 13.6. The fourth-order valence-electron chi connectivity index (χ4n) is 5.32. The van der Waals surface area contributed by atoms with Crippen molar-refractivity contribution in [3.63, 3.8) is 0 Å². The molecule has 1 fully saturated rings. The molecule has 8 heteroatoms. The zero-order chi connectivity index (χ0) is 26.3. The highest BCUT2D eigenvalue weighted by Crippen LogP contribution is 2.32. The van der Waals surface area contributed by atoms with Gasteiger partial charge in [-0.3, -0.25) is 0 Å². The molecule has 0 atom stereocenters. The van der Waals surface area contributed by atoms with Crippen molar-refractivity contribution in [1.29, 1.82) is 0 Å². The van der Waals surface area contributed by atoms with Crippen LogP contribution in [0.1, 0.15) is 25.7 Å². The van der Waals surface area contributed by atoms with E-state index in [-0.39, 0.29) is 6.61 Å². The third-order valence-corrected chi connectivity index (χ3v) is 7.42. The molecule has 1 aliphatic carbocycles. The normalized spacial score (nSPS) is 17.4. The lowest BCUT2D eigenvalue weighted by atomic mass is 9.82. The van der Waals surface area contributed by atoms with Gasteiger partial charge >= 0.3 is 0 Å². The van der Waals surface area contributed by atoms with Crippen molar-refractivity contribution in [1.82, 2.24) is 15.4 Å². The molecule has 0 amide bonds. The zero-order valence-corrected chi connectivity index (χ0v) is 22.3. The van der Waals surface area contributed by atoms with Gasteiger partial charge < -0.3 is 25.5 Å². The van der Waals surface area contributed by atoms with Gasteiger partial charge in [0.2, 0.25) is 5.95 Å². The van der Waals surface area contributed by atoms with Crippen LogP contribution in [-0.2, 0) is 0 Å². The van der Waals surface area contributed by atoms with Crippen molar-refractivity contribution in [2.75, 3.05) is 55.9 Å². The van der Waals surface area contributed by atoms with Gasteiger partial charge in [-0.25, -0.2) is 4.98 Å². The summed E-state index contributed by atoms with van der Waals surface area (Å²) in [6.45, 7) is 2.22. The third kappa shape index (κ3) is 6.09. The van der Waals surface area contributed by atoms with Gasteiger partial charge in [0, 0.05) is 55.6 Å². The van der Waals surface area contributed by atoms with E-state index < -0.39 is 0 Å². The maximum Gasteiger partial charge on any atom is 0.225 e. The molecule has 0 aliphatic heterocycles. The number of aliphatic hydroxyl groups is 1. The minimum atomic E-state index is 0.0591. The first-order chi connectivity index (χ1) is 18.6. The molecule has 38 heavy (non-hydrogen) atoms. The summed E-state index contributed by atoms with van der Waals surface area (Å²) in [7, 11) is 4.13. The van der Waals surface area contributed by atoms with Gasteiger partial charge in [0.25, 0.3) is 0 Å². The second kappa shape index (κ2) is 12.3. The van der Waals surface area contributed by atoms with E-state index >= 15 is 0 Å². The van der Waals surface area contributed by atoms with Gasteiger partial charge in [-0.15, -0.1) is 0 Å². The highest BCUT2D eigenvalue weighted by Gasteiger charge is 2.22. The molecule has 4 aromatic rings. The largest absolute Gasteiger partial charge is 0.408 e. The van der Waals surface area contributed by atoms with E-state index in [0.29, 0.717) is 24.3 Å². The van der Waals surface area contributed by atoms with Crippen LogP contribution in [0.4, 0.5) is 17.5 Å². The predicted octanol–water partition coefficient (Wildman–Crippen LogP) is 5.06. The Kier molecular flexibility index (Phi) is 8.41. The maximum absolute atomic E-state index is 9.21. The van der Waals surface area contributed by atoms with E-state index in [0.717, 1.165) is 40.9 Å². The fraction of sp³-hybridized carbons (Fsp3) is 0.400. The molecule has 0 saturated heterocycles. The number of anilines is 3. The first kappa shape index (κ1) is 26.0. The summed E-state index contributed by atoms with van der Waals surface area (Å²) in [6, 6.07) is 20.5. The summed E-state index contributed by atoms with van der Waals surface area (Å²) >= 11 is 0.